The van der Waals surface area contributed by atoms with Crippen LogP contribution in [0.4, 0.5) is 11.4 Å². The van der Waals surface area contributed by atoms with E-state index in [9.17, 15) is 4.79 Å². The van der Waals surface area contributed by atoms with Crippen molar-refractivity contribution in [3.05, 3.63) is 89.1 Å². The Labute approximate surface area is 199 Å². The third-order valence-corrected chi connectivity index (χ3v) is 6.65. The number of ether oxygens (including phenoxy) is 3. The number of fused-ring (bicyclic) bond motifs is 1. The molecule has 6 heteroatoms. The molecule has 0 aromatic heterocycles. The molecule has 1 aliphatic carbocycles. The first-order valence-corrected chi connectivity index (χ1v) is 11.4. The fourth-order valence-corrected chi connectivity index (χ4v) is 4.89. The van der Waals surface area contributed by atoms with Gasteiger partial charge in [0.2, 0.25) is 0 Å². The zero-order valence-electron chi connectivity index (χ0n) is 19.6. The molecule has 0 spiro atoms. The molecule has 1 aliphatic heterocycles. The normalized spacial score (nSPS) is 19.2. The minimum atomic E-state index is -0.351. The number of methoxy groups -OCH3 is 3. The molecule has 0 saturated heterocycles. The highest BCUT2D eigenvalue weighted by Gasteiger charge is 2.37. The quantitative estimate of drug-likeness (QED) is 0.514. The highest BCUT2D eigenvalue weighted by molar-refractivity contribution is 6.01. The van der Waals surface area contributed by atoms with Crippen molar-refractivity contribution in [1.29, 1.82) is 0 Å². The van der Waals surface area contributed by atoms with E-state index in [-0.39, 0.29) is 17.7 Å². The summed E-state index contributed by atoms with van der Waals surface area (Å²) in [4.78, 5) is 13.7. The van der Waals surface area contributed by atoms with E-state index < -0.39 is 0 Å². The van der Waals surface area contributed by atoms with Crippen molar-refractivity contribution in [2.24, 2.45) is 0 Å². The van der Waals surface area contributed by atoms with Crippen LogP contribution in [0.15, 0.2) is 78.0 Å². The Bertz CT molecular complexity index is 1250. The molecule has 2 aliphatic rings. The van der Waals surface area contributed by atoms with Gasteiger partial charge in [-0.15, -0.1) is 0 Å². The van der Waals surface area contributed by atoms with Crippen molar-refractivity contribution >= 4 is 17.2 Å². The van der Waals surface area contributed by atoms with Crippen LogP contribution in [0.3, 0.4) is 0 Å². The molecular formula is C28H28N2O4. The fourth-order valence-electron chi connectivity index (χ4n) is 4.89. The van der Waals surface area contributed by atoms with E-state index in [0.717, 1.165) is 45.9 Å². The van der Waals surface area contributed by atoms with E-state index in [2.05, 4.69) is 22.8 Å². The molecule has 0 radical (unpaired) electrons. The Kier molecular flexibility index (Phi) is 5.88. The van der Waals surface area contributed by atoms with Crippen molar-refractivity contribution in [3.8, 4) is 17.2 Å². The van der Waals surface area contributed by atoms with Gasteiger partial charge in [-0.05, 0) is 54.3 Å². The first-order chi connectivity index (χ1) is 16.6. The second-order valence-corrected chi connectivity index (χ2v) is 8.55. The van der Waals surface area contributed by atoms with Gasteiger partial charge < -0.3 is 24.8 Å². The summed E-state index contributed by atoms with van der Waals surface area (Å²) in [5.41, 5.74) is 5.61. The topological polar surface area (TPSA) is 68.8 Å². The van der Waals surface area contributed by atoms with E-state index >= 15 is 0 Å². The number of hydrogen-bond acceptors (Lipinski definition) is 6. The van der Waals surface area contributed by atoms with Crippen molar-refractivity contribution < 1.29 is 19.0 Å². The highest BCUT2D eigenvalue weighted by atomic mass is 16.5. The number of allylic oxidation sites excluding steroid dienone is 1. The van der Waals surface area contributed by atoms with Crippen LogP contribution >= 0.6 is 0 Å². The second-order valence-electron chi connectivity index (χ2n) is 8.55. The maximum Gasteiger partial charge on any atom is 0.163 e. The van der Waals surface area contributed by atoms with Crippen LogP contribution in [0.25, 0.3) is 0 Å². The summed E-state index contributed by atoms with van der Waals surface area (Å²) in [5.74, 6) is 2.40. The molecule has 3 aromatic rings. The van der Waals surface area contributed by atoms with Gasteiger partial charge in [-0.2, -0.15) is 0 Å². The molecule has 2 atom stereocenters. The van der Waals surface area contributed by atoms with Crippen LogP contribution in [-0.4, -0.2) is 27.1 Å². The Balaban J connectivity index is 1.60. The lowest BCUT2D eigenvalue weighted by atomic mass is 9.78. The number of anilines is 2. The molecule has 2 N–H and O–H groups in total. The second kappa shape index (κ2) is 9.14. The summed E-state index contributed by atoms with van der Waals surface area (Å²) in [6, 6.07) is 21.4. The number of carbonyl (C=O) groups is 1. The van der Waals surface area contributed by atoms with E-state index in [1.165, 1.54) is 0 Å². The zero-order chi connectivity index (χ0) is 23.7. The first kappa shape index (κ1) is 21.9. The lowest BCUT2D eigenvalue weighted by Gasteiger charge is -2.30. The Morgan fingerprint density at radius 2 is 1.50 bits per heavy atom. The third-order valence-electron chi connectivity index (χ3n) is 6.65. The average molecular weight is 457 g/mol. The van der Waals surface area contributed by atoms with Crippen LogP contribution in [0.2, 0.25) is 0 Å². The monoisotopic (exact) mass is 456 g/mol. The maximum absolute atomic E-state index is 13.7. The van der Waals surface area contributed by atoms with Gasteiger partial charge >= 0.3 is 0 Å². The van der Waals surface area contributed by atoms with Gasteiger partial charge in [-0.3, -0.25) is 4.79 Å². The lowest BCUT2D eigenvalue weighted by Crippen LogP contribution is -2.27. The van der Waals surface area contributed by atoms with E-state index in [1.54, 1.807) is 21.3 Å². The Morgan fingerprint density at radius 3 is 2.21 bits per heavy atom. The van der Waals surface area contributed by atoms with Crippen molar-refractivity contribution in [2.75, 3.05) is 32.0 Å². The smallest absolute Gasteiger partial charge is 0.163 e. The molecule has 5 rings (SSSR count). The molecule has 174 valence electrons. The number of rotatable bonds is 5. The van der Waals surface area contributed by atoms with Gasteiger partial charge in [0.05, 0.1) is 38.7 Å². The summed E-state index contributed by atoms with van der Waals surface area (Å²) in [6.45, 7) is 0. The number of hydrogen-bond donors (Lipinski definition) is 2. The molecule has 34 heavy (non-hydrogen) atoms. The molecule has 6 nitrogen and oxygen atoms in total. The highest BCUT2D eigenvalue weighted by Crippen LogP contribution is 2.46. The summed E-state index contributed by atoms with van der Waals surface area (Å²) < 4.78 is 16.4. The molecule has 1 heterocycles. The number of nitrogens with one attached hydrogen (secondary N) is 2. The third kappa shape index (κ3) is 3.96. The molecule has 0 amide bonds. The SMILES string of the molecule is COc1ccc([C@H]2CC(=O)C3=C(C2)Nc2ccccc2N[C@H]3c2ccc(OC)cc2OC)cc1. The minimum absolute atomic E-state index is 0.0910. The summed E-state index contributed by atoms with van der Waals surface area (Å²) in [7, 11) is 4.92. The van der Waals surface area contributed by atoms with Crippen molar-refractivity contribution in [3.63, 3.8) is 0 Å². The Hall–Kier alpha value is -3.93. The average Bonchev–Trinajstić information content (AvgIpc) is 3.05. The lowest BCUT2D eigenvalue weighted by molar-refractivity contribution is -0.116. The first-order valence-electron chi connectivity index (χ1n) is 11.4. The largest absolute Gasteiger partial charge is 0.497 e. The minimum Gasteiger partial charge on any atom is -0.497 e. The predicted octanol–water partition coefficient (Wildman–Crippen LogP) is 5.69. The molecule has 0 fully saturated rings. The van der Waals surface area contributed by atoms with E-state index in [4.69, 9.17) is 14.2 Å². The standard InChI is InChI=1S/C28H28N2O4/c1-32-19-10-8-17(9-11-19)18-14-24-27(25(31)15-18)28(30-23-7-5-4-6-22(23)29-24)21-13-12-20(33-2)16-26(21)34-3/h4-13,16,18,28-30H,14-15H2,1-3H3/t18-,28+/m1/s1. The van der Waals surface area contributed by atoms with Crippen molar-refractivity contribution in [2.45, 2.75) is 24.8 Å². The van der Waals surface area contributed by atoms with Gasteiger partial charge in [0.1, 0.15) is 17.2 Å². The van der Waals surface area contributed by atoms with Crippen LogP contribution in [0.5, 0.6) is 17.2 Å². The van der Waals surface area contributed by atoms with Crippen LogP contribution < -0.4 is 24.8 Å². The van der Waals surface area contributed by atoms with E-state index in [1.807, 2.05) is 54.6 Å². The fraction of sp³-hybridized carbons (Fsp3) is 0.250. The molecule has 0 bridgehead atoms. The van der Waals surface area contributed by atoms with Crippen LogP contribution in [-0.2, 0) is 4.79 Å². The summed E-state index contributed by atoms with van der Waals surface area (Å²) in [6.07, 6.45) is 1.18. The van der Waals surface area contributed by atoms with Gasteiger partial charge in [0, 0.05) is 29.3 Å². The summed E-state index contributed by atoms with van der Waals surface area (Å²) in [5, 5.41) is 7.19. The van der Waals surface area contributed by atoms with E-state index in [0.29, 0.717) is 17.9 Å². The van der Waals surface area contributed by atoms with Crippen LogP contribution in [0.1, 0.15) is 35.9 Å². The van der Waals surface area contributed by atoms with Gasteiger partial charge in [-0.25, -0.2) is 0 Å². The predicted molar refractivity (Wildman–Crippen MR) is 133 cm³/mol. The summed E-state index contributed by atoms with van der Waals surface area (Å²) >= 11 is 0. The Morgan fingerprint density at radius 1 is 0.794 bits per heavy atom. The molecule has 0 unspecified atom stereocenters. The van der Waals surface area contributed by atoms with Gasteiger partial charge in [0.15, 0.2) is 5.78 Å². The molecule has 0 saturated carbocycles. The molecule has 3 aromatic carbocycles. The number of Topliss-reactive ketones (excluding diaryl/α,β-unsaturated/α-hetero) is 1. The van der Waals surface area contributed by atoms with Crippen molar-refractivity contribution in [1.82, 2.24) is 0 Å². The van der Waals surface area contributed by atoms with Crippen LogP contribution in [0, 0.1) is 0 Å². The zero-order valence-corrected chi connectivity index (χ0v) is 19.6. The maximum atomic E-state index is 13.7. The van der Waals surface area contributed by atoms with Gasteiger partial charge in [0.25, 0.3) is 0 Å². The van der Waals surface area contributed by atoms with Gasteiger partial charge in [-0.1, -0.05) is 24.3 Å². The number of ketones is 1. The number of benzene rings is 3. The number of carbonyl (C=O) groups excluding carboxylic acids is 1. The number of para-hydroxylation sites is 2. The molecular weight excluding hydrogens is 428 g/mol.